The number of ketones is 1. The first kappa shape index (κ1) is 13.5. The number of rotatable bonds is 4. The van der Waals surface area contributed by atoms with Crippen molar-refractivity contribution in [2.24, 2.45) is 11.7 Å². The van der Waals surface area contributed by atoms with E-state index in [0.29, 0.717) is 22.9 Å². The van der Waals surface area contributed by atoms with E-state index in [9.17, 15) is 4.79 Å². The van der Waals surface area contributed by atoms with Crippen LogP contribution >= 0.6 is 23.2 Å². The number of Topliss-reactive ketones (excluding diaryl/α,β-unsaturated/α-hetero) is 1. The third-order valence-corrected chi connectivity index (χ3v) is 3.10. The van der Waals surface area contributed by atoms with Gasteiger partial charge in [-0.2, -0.15) is 0 Å². The van der Waals surface area contributed by atoms with E-state index in [0.717, 1.165) is 0 Å². The van der Waals surface area contributed by atoms with Gasteiger partial charge in [-0.15, -0.1) is 0 Å². The second-order valence-electron chi connectivity index (χ2n) is 4.20. The second kappa shape index (κ2) is 5.67. The minimum atomic E-state index is -0.518. The number of hydrogen-bond acceptors (Lipinski definition) is 2. The number of hydrogen-bond donors (Lipinski definition) is 1. The fourth-order valence-electron chi connectivity index (χ4n) is 1.51. The summed E-state index contributed by atoms with van der Waals surface area (Å²) in [7, 11) is 0. The number of nitrogens with two attached hydrogens (primary N) is 1. The molecule has 88 valence electrons. The van der Waals surface area contributed by atoms with Gasteiger partial charge < -0.3 is 5.73 Å². The van der Waals surface area contributed by atoms with Crippen molar-refractivity contribution in [1.29, 1.82) is 0 Å². The molecule has 2 nitrogen and oxygen atoms in total. The fourth-order valence-corrected chi connectivity index (χ4v) is 1.90. The van der Waals surface area contributed by atoms with Gasteiger partial charge in [0.05, 0.1) is 16.1 Å². The summed E-state index contributed by atoms with van der Waals surface area (Å²) in [5.74, 6) is 0.220. The Balaban J connectivity index is 2.92. The van der Waals surface area contributed by atoms with Crippen LogP contribution in [0.1, 0.15) is 30.6 Å². The minimum absolute atomic E-state index is 0.152. The van der Waals surface area contributed by atoms with Crippen molar-refractivity contribution >= 4 is 29.0 Å². The molecule has 0 saturated carbocycles. The summed E-state index contributed by atoms with van der Waals surface area (Å²) in [4.78, 5) is 12.0. The monoisotopic (exact) mass is 259 g/mol. The van der Waals surface area contributed by atoms with Crippen LogP contribution in [0.5, 0.6) is 0 Å². The number of carbonyl (C=O) groups excluding carboxylic acids is 1. The first-order chi connectivity index (χ1) is 7.43. The highest BCUT2D eigenvalue weighted by atomic mass is 35.5. The zero-order valence-corrected chi connectivity index (χ0v) is 10.8. The van der Waals surface area contributed by atoms with Gasteiger partial charge in [-0.25, -0.2) is 0 Å². The number of carbonyl (C=O) groups is 1. The highest BCUT2D eigenvalue weighted by Gasteiger charge is 2.20. The summed E-state index contributed by atoms with van der Waals surface area (Å²) in [5.41, 5.74) is 6.22. The molecule has 0 radical (unpaired) electrons. The highest BCUT2D eigenvalue weighted by molar-refractivity contribution is 6.44. The molecule has 0 spiro atoms. The maximum atomic E-state index is 12.0. The summed E-state index contributed by atoms with van der Waals surface area (Å²) >= 11 is 11.8. The highest BCUT2D eigenvalue weighted by Crippen LogP contribution is 2.26. The molecular weight excluding hydrogens is 245 g/mol. The molecular formula is C12H15Cl2NO. The molecule has 2 N–H and O–H groups in total. The predicted molar refractivity (Wildman–Crippen MR) is 68.2 cm³/mol. The van der Waals surface area contributed by atoms with E-state index in [2.05, 4.69) is 0 Å². The standard InChI is InChI=1S/C12H15Cl2NO/c1-7(2)6-10(15)12(16)8-4-3-5-9(13)11(8)14/h3-5,7,10H,6,15H2,1-2H3. The van der Waals surface area contributed by atoms with Crippen LogP contribution in [0, 0.1) is 5.92 Å². The van der Waals surface area contributed by atoms with E-state index in [-0.39, 0.29) is 10.8 Å². The number of halogens is 2. The molecule has 0 aromatic heterocycles. The lowest BCUT2D eigenvalue weighted by Gasteiger charge is -2.14. The molecule has 0 amide bonds. The Labute approximate surface area is 106 Å². The van der Waals surface area contributed by atoms with Crippen molar-refractivity contribution in [2.45, 2.75) is 26.3 Å². The van der Waals surface area contributed by atoms with Crippen LogP contribution in [0.25, 0.3) is 0 Å². The first-order valence-electron chi connectivity index (χ1n) is 5.17. The lowest BCUT2D eigenvalue weighted by molar-refractivity contribution is 0.0951. The van der Waals surface area contributed by atoms with E-state index >= 15 is 0 Å². The van der Waals surface area contributed by atoms with Gasteiger partial charge in [-0.1, -0.05) is 43.1 Å². The maximum Gasteiger partial charge on any atom is 0.181 e. The predicted octanol–water partition coefficient (Wildman–Crippen LogP) is 3.55. The van der Waals surface area contributed by atoms with Gasteiger partial charge >= 0.3 is 0 Å². The molecule has 1 aromatic carbocycles. The van der Waals surface area contributed by atoms with Crippen LogP contribution in [0.3, 0.4) is 0 Å². The fraction of sp³-hybridized carbons (Fsp3) is 0.417. The number of benzene rings is 1. The average Bonchev–Trinajstić information content (AvgIpc) is 2.20. The van der Waals surface area contributed by atoms with E-state index in [1.807, 2.05) is 13.8 Å². The zero-order chi connectivity index (χ0) is 12.3. The SMILES string of the molecule is CC(C)CC(N)C(=O)c1cccc(Cl)c1Cl. The average molecular weight is 260 g/mol. The Morgan fingerprint density at radius 2 is 2.00 bits per heavy atom. The van der Waals surface area contributed by atoms with Gasteiger partial charge in [0.15, 0.2) is 5.78 Å². The van der Waals surface area contributed by atoms with Gasteiger partial charge in [0, 0.05) is 5.56 Å². The molecule has 16 heavy (non-hydrogen) atoms. The van der Waals surface area contributed by atoms with Crippen LogP contribution in [0.4, 0.5) is 0 Å². The lowest BCUT2D eigenvalue weighted by atomic mass is 9.97. The topological polar surface area (TPSA) is 43.1 Å². The largest absolute Gasteiger partial charge is 0.321 e. The molecule has 0 aliphatic carbocycles. The van der Waals surface area contributed by atoms with E-state index in [1.165, 1.54) is 0 Å². The third kappa shape index (κ3) is 3.21. The Morgan fingerprint density at radius 3 is 2.56 bits per heavy atom. The Hall–Kier alpha value is -0.570. The van der Waals surface area contributed by atoms with E-state index < -0.39 is 6.04 Å². The van der Waals surface area contributed by atoms with Crippen LogP contribution in [-0.2, 0) is 0 Å². The van der Waals surface area contributed by atoms with E-state index in [4.69, 9.17) is 28.9 Å². The molecule has 0 heterocycles. The molecule has 0 saturated heterocycles. The molecule has 1 aromatic rings. The zero-order valence-electron chi connectivity index (χ0n) is 9.34. The van der Waals surface area contributed by atoms with Gasteiger partial charge in [0.2, 0.25) is 0 Å². The smallest absolute Gasteiger partial charge is 0.181 e. The van der Waals surface area contributed by atoms with Gasteiger partial charge in [0.1, 0.15) is 0 Å². The van der Waals surface area contributed by atoms with Crippen molar-refractivity contribution in [3.63, 3.8) is 0 Å². The third-order valence-electron chi connectivity index (χ3n) is 2.28. The molecule has 1 rings (SSSR count). The van der Waals surface area contributed by atoms with E-state index in [1.54, 1.807) is 18.2 Å². The first-order valence-corrected chi connectivity index (χ1v) is 5.93. The van der Waals surface area contributed by atoms with Crippen molar-refractivity contribution < 1.29 is 4.79 Å². The van der Waals surface area contributed by atoms with Crippen molar-refractivity contribution in [2.75, 3.05) is 0 Å². The van der Waals surface area contributed by atoms with Crippen LogP contribution < -0.4 is 5.73 Å². The van der Waals surface area contributed by atoms with Gasteiger partial charge in [0.25, 0.3) is 0 Å². The Morgan fingerprint density at radius 1 is 1.38 bits per heavy atom. The molecule has 0 bridgehead atoms. The summed E-state index contributed by atoms with van der Waals surface area (Å²) in [6, 6.07) is 4.48. The van der Waals surface area contributed by atoms with Crippen molar-refractivity contribution in [1.82, 2.24) is 0 Å². The summed E-state index contributed by atoms with van der Waals surface area (Å²) in [6.07, 6.45) is 0.641. The van der Waals surface area contributed by atoms with Crippen molar-refractivity contribution in [3.05, 3.63) is 33.8 Å². The quantitative estimate of drug-likeness (QED) is 0.841. The maximum absolute atomic E-state index is 12.0. The van der Waals surface area contributed by atoms with Gasteiger partial charge in [-0.05, 0) is 24.5 Å². The van der Waals surface area contributed by atoms with Crippen LogP contribution in [-0.4, -0.2) is 11.8 Å². The molecule has 1 atom stereocenters. The van der Waals surface area contributed by atoms with Gasteiger partial charge in [-0.3, -0.25) is 4.79 Å². The van der Waals surface area contributed by atoms with Crippen LogP contribution in [0.15, 0.2) is 18.2 Å². The molecule has 1 unspecified atom stereocenters. The normalized spacial score (nSPS) is 12.9. The second-order valence-corrected chi connectivity index (χ2v) is 4.99. The minimum Gasteiger partial charge on any atom is -0.321 e. The summed E-state index contributed by atoms with van der Waals surface area (Å²) < 4.78 is 0. The van der Waals surface area contributed by atoms with Crippen molar-refractivity contribution in [3.8, 4) is 0 Å². The summed E-state index contributed by atoms with van der Waals surface area (Å²) in [5, 5.41) is 0.664. The lowest BCUT2D eigenvalue weighted by Crippen LogP contribution is -2.32. The molecule has 4 heteroatoms. The van der Waals surface area contributed by atoms with Crippen LogP contribution in [0.2, 0.25) is 10.0 Å². The molecule has 0 aliphatic heterocycles. The molecule has 0 fully saturated rings. The summed E-state index contributed by atoms with van der Waals surface area (Å²) in [6.45, 7) is 4.04. The Kier molecular flexibility index (Phi) is 4.78. The molecule has 0 aliphatic rings. The Bertz CT molecular complexity index is 391.